The van der Waals surface area contributed by atoms with Crippen molar-refractivity contribution < 1.29 is 28.2 Å². The van der Waals surface area contributed by atoms with Gasteiger partial charge in [-0.2, -0.15) is 5.10 Å². The smallest absolute Gasteiger partial charge is 0.262 e. The van der Waals surface area contributed by atoms with Crippen LogP contribution in [-0.4, -0.2) is 92.5 Å². The van der Waals surface area contributed by atoms with Crippen LogP contribution in [-0.2, 0) is 9.53 Å². The van der Waals surface area contributed by atoms with E-state index in [2.05, 4.69) is 4.90 Å². The molecule has 42 heavy (non-hydrogen) atoms. The van der Waals surface area contributed by atoms with Crippen LogP contribution in [0.25, 0.3) is 0 Å². The zero-order valence-corrected chi connectivity index (χ0v) is 23.9. The van der Waals surface area contributed by atoms with E-state index in [4.69, 9.17) is 19.3 Å². The van der Waals surface area contributed by atoms with Gasteiger partial charge >= 0.3 is 0 Å². The Morgan fingerprint density at radius 2 is 1.69 bits per heavy atom. The standard InChI is InChI=1S/C32H35FN4O5/c1-40-27-12-8-24(9-13-27)32(39)36(15-14-35-16-18-42-19-17-35)22-31(38)37-30(23-6-10-26(33)11-7-23)21-29(34-37)25-4-3-5-28(20-25)41-2/h3-13,20,30H,14-19,21-22H2,1-2H3/t30-/m0/s1. The molecule has 1 atom stereocenters. The third kappa shape index (κ3) is 6.95. The van der Waals surface area contributed by atoms with Crippen molar-refractivity contribution in [3.8, 4) is 11.5 Å². The Bertz CT molecular complexity index is 1410. The van der Waals surface area contributed by atoms with E-state index in [1.807, 2.05) is 24.3 Å². The molecule has 1 saturated heterocycles. The molecule has 2 heterocycles. The van der Waals surface area contributed by atoms with Crippen molar-refractivity contribution in [1.82, 2.24) is 14.8 Å². The molecule has 0 N–H and O–H groups in total. The maximum absolute atomic E-state index is 14.0. The summed E-state index contributed by atoms with van der Waals surface area (Å²) in [5, 5.41) is 6.18. The van der Waals surface area contributed by atoms with Gasteiger partial charge in [0.05, 0.1) is 39.2 Å². The van der Waals surface area contributed by atoms with Gasteiger partial charge in [0, 0.05) is 43.7 Å². The molecule has 0 saturated carbocycles. The van der Waals surface area contributed by atoms with E-state index in [9.17, 15) is 14.0 Å². The first kappa shape index (κ1) is 29.2. The van der Waals surface area contributed by atoms with Gasteiger partial charge in [0.25, 0.3) is 11.8 Å². The highest BCUT2D eigenvalue weighted by Crippen LogP contribution is 2.34. The molecule has 2 aliphatic rings. The van der Waals surface area contributed by atoms with Gasteiger partial charge in [-0.3, -0.25) is 14.5 Å². The van der Waals surface area contributed by atoms with Crippen LogP contribution in [0.2, 0.25) is 0 Å². The summed E-state index contributed by atoms with van der Waals surface area (Å²) in [6.45, 7) is 3.62. The van der Waals surface area contributed by atoms with Crippen molar-refractivity contribution in [1.29, 1.82) is 0 Å². The number of carbonyl (C=O) groups excluding carboxylic acids is 2. The van der Waals surface area contributed by atoms with E-state index in [-0.39, 0.29) is 24.2 Å². The van der Waals surface area contributed by atoms with Crippen molar-refractivity contribution in [2.75, 3.05) is 60.2 Å². The Kier molecular flexibility index (Phi) is 9.45. The van der Waals surface area contributed by atoms with E-state index in [1.54, 1.807) is 55.5 Å². The van der Waals surface area contributed by atoms with Crippen molar-refractivity contribution in [2.45, 2.75) is 12.5 Å². The van der Waals surface area contributed by atoms with Gasteiger partial charge < -0.3 is 19.1 Å². The number of rotatable bonds is 10. The number of hydrazone groups is 1. The molecule has 0 aliphatic carbocycles. The Morgan fingerprint density at radius 1 is 0.976 bits per heavy atom. The summed E-state index contributed by atoms with van der Waals surface area (Å²) in [6, 6.07) is 20.0. The van der Waals surface area contributed by atoms with Crippen molar-refractivity contribution in [3.63, 3.8) is 0 Å². The minimum Gasteiger partial charge on any atom is -0.497 e. The molecule has 2 aliphatic heterocycles. The van der Waals surface area contributed by atoms with Gasteiger partial charge in [0.15, 0.2) is 0 Å². The highest BCUT2D eigenvalue weighted by Gasteiger charge is 2.35. The molecular formula is C32H35FN4O5. The summed E-state index contributed by atoms with van der Waals surface area (Å²) in [4.78, 5) is 31.4. The quantitative estimate of drug-likeness (QED) is 0.364. The lowest BCUT2D eigenvalue weighted by Crippen LogP contribution is -2.46. The lowest BCUT2D eigenvalue weighted by molar-refractivity contribution is -0.133. The second-order valence-corrected chi connectivity index (χ2v) is 10.2. The predicted octanol–water partition coefficient (Wildman–Crippen LogP) is 4.00. The molecule has 220 valence electrons. The molecule has 1 fully saturated rings. The van der Waals surface area contributed by atoms with Gasteiger partial charge in [-0.25, -0.2) is 9.40 Å². The summed E-state index contributed by atoms with van der Waals surface area (Å²) in [5.41, 5.74) is 2.75. The molecular weight excluding hydrogens is 539 g/mol. The second-order valence-electron chi connectivity index (χ2n) is 10.2. The first-order valence-corrected chi connectivity index (χ1v) is 14.0. The van der Waals surface area contributed by atoms with E-state index in [0.717, 1.165) is 24.2 Å². The zero-order valence-electron chi connectivity index (χ0n) is 23.9. The van der Waals surface area contributed by atoms with E-state index >= 15 is 0 Å². The molecule has 2 amide bonds. The molecule has 3 aromatic carbocycles. The number of halogens is 1. The Hall–Kier alpha value is -4.28. The Labute approximate surface area is 245 Å². The van der Waals surface area contributed by atoms with E-state index < -0.39 is 6.04 Å². The molecule has 0 radical (unpaired) electrons. The van der Waals surface area contributed by atoms with Gasteiger partial charge in [-0.15, -0.1) is 0 Å². The highest BCUT2D eigenvalue weighted by atomic mass is 19.1. The normalized spacial score (nSPS) is 17.1. The predicted molar refractivity (Wildman–Crippen MR) is 156 cm³/mol. The average Bonchev–Trinajstić information content (AvgIpc) is 3.49. The van der Waals surface area contributed by atoms with E-state index in [0.29, 0.717) is 55.5 Å². The van der Waals surface area contributed by atoms with Crippen molar-refractivity contribution >= 4 is 17.5 Å². The lowest BCUT2D eigenvalue weighted by atomic mass is 9.98. The van der Waals surface area contributed by atoms with Crippen LogP contribution in [0.15, 0.2) is 77.9 Å². The van der Waals surface area contributed by atoms with Crippen LogP contribution in [0.4, 0.5) is 4.39 Å². The number of methoxy groups -OCH3 is 2. The number of hydrogen-bond acceptors (Lipinski definition) is 7. The molecule has 9 nitrogen and oxygen atoms in total. The molecule has 3 aromatic rings. The Morgan fingerprint density at radius 3 is 2.38 bits per heavy atom. The third-order valence-corrected chi connectivity index (χ3v) is 7.56. The fourth-order valence-electron chi connectivity index (χ4n) is 5.15. The summed E-state index contributed by atoms with van der Waals surface area (Å²) < 4.78 is 29.9. The van der Waals surface area contributed by atoms with Crippen LogP contribution in [0.5, 0.6) is 11.5 Å². The van der Waals surface area contributed by atoms with Crippen LogP contribution >= 0.6 is 0 Å². The fourth-order valence-corrected chi connectivity index (χ4v) is 5.15. The Balaban J connectivity index is 1.41. The van der Waals surface area contributed by atoms with Gasteiger partial charge in [-0.1, -0.05) is 24.3 Å². The molecule has 0 unspecified atom stereocenters. The third-order valence-electron chi connectivity index (χ3n) is 7.56. The molecule has 0 bridgehead atoms. The van der Waals surface area contributed by atoms with Crippen LogP contribution in [0, 0.1) is 5.82 Å². The molecule has 0 spiro atoms. The number of hydrogen-bond donors (Lipinski definition) is 0. The zero-order chi connectivity index (χ0) is 29.5. The fraction of sp³-hybridized carbons (Fsp3) is 0.344. The maximum atomic E-state index is 14.0. The summed E-state index contributed by atoms with van der Waals surface area (Å²) in [5.74, 6) is 0.376. The van der Waals surface area contributed by atoms with Crippen molar-refractivity contribution in [3.05, 3.63) is 95.3 Å². The molecule has 5 rings (SSSR count). The summed E-state index contributed by atoms with van der Waals surface area (Å²) in [6.07, 6.45) is 0.435. The number of ether oxygens (including phenoxy) is 3. The van der Waals surface area contributed by atoms with E-state index in [1.165, 1.54) is 17.1 Å². The topological polar surface area (TPSA) is 83.9 Å². The minimum absolute atomic E-state index is 0.165. The van der Waals surface area contributed by atoms with Gasteiger partial charge in [-0.05, 0) is 54.1 Å². The van der Waals surface area contributed by atoms with Gasteiger partial charge in [0.1, 0.15) is 23.9 Å². The first-order chi connectivity index (χ1) is 20.4. The second kappa shape index (κ2) is 13.6. The number of benzene rings is 3. The monoisotopic (exact) mass is 574 g/mol. The summed E-state index contributed by atoms with van der Waals surface area (Å²) >= 11 is 0. The summed E-state index contributed by atoms with van der Waals surface area (Å²) in [7, 11) is 3.16. The molecule has 10 heteroatoms. The number of amides is 2. The van der Waals surface area contributed by atoms with Crippen LogP contribution < -0.4 is 9.47 Å². The number of morpholine rings is 1. The van der Waals surface area contributed by atoms with Gasteiger partial charge in [0.2, 0.25) is 0 Å². The van der Waals surface area contributed by atoms with Crippen molar-refractivity contribution in [2.24, 2.45) is 5.10 Å². The highest BCUT2D eigenvalue weighted by molar-refractivity contribution is 6.04. The largest absolute Gasteiger partial charge is 0.497 e. The lowest BCUT2D eigenvalue weighted by Gasteiger charge is -2.31. The first-order valence-electron chi connectivity index (χ1n) is 14.0. The number of carbonyl (C=O) groups is 2. The average molecular weight is 575 g/mol. The number of nitrogens with zero attached hydrogens (tertiary/aromatic N) is 4. The molecule has 0 aromatic heterocycles. The van der Waals surface area contributed by atoms with Crippen LogP contribution in [0.1, 0.15) is 33.9 Å². The SMILES string of the molecule is COc1ccc(C(=O)N(CCN2CCOCC2)CC(=O)N2N=C(c3cccc(OC)c3)C[C@H]2c2ccc(F)cc2)cc1. The maximum Gasteiger partial charge on any atom is 0.262 e. The minimum atomic E-state index is -0.448. The van der Waals surface area contributed by atoms with Crippen LogP contribution in [0.3, 0.4) is 0 Å².